The number of nitrogens with one attached hydrogen (secondary N) is 1. The SMILES string of the molecule is CNCc1c(C)nn(C)c1N(CCOC)C(C)C. The summed E-state index contributed by atoms with van der Waals surface area (Å²) in [5.74, 6) is 1.19. The van der Waals surface area contributed by atoms with E-state index in [4.69, 9.17) is 4.74 Å². The maximum atomic E-state index is 5.20. The first-order valence-corrected chi connectivity index (χ1v) is 6.45. The molecular formula is C13H26N4O. The van der Waals surface area contributed by atoms with Crippen LogP contribution in [0.15, 0.2) is 0 Å². The predicted octanol–water partition coefficient (Wildman–Crippen LogP) is 1.31. The highest BCUT2D eigenvalue weighted by Crippen LogP contribution is 2.24. The highest BCUT2D eigenvalue weighted by atomic mass is 16.5. The highest BCUT2D eigenvalue weighted by molar-refractivity contribution is 5.50. The molecule has 0 radical (unpaired) electrons. The van der Waals surface area contributed by atoms with Crippen LogP contribution in [0, 0.1) is 6.92 Å². The monoisotopic (exact) mass is 254 g/mol. The van der Waals surface area contributed by atoms with Crippen molar-refractivity contribution in [3.8, 4) is 0 Å². The van der Waals surface area contributed by atoms with E-state index >= 15 is 0 Å². The molecule has 0 saturated carbocycles. The lowest BCUT2D eigenvalue weighted by atomic mass is 10.2. The zero-order valence-electron chi connectivity index (χ0n) is 12.4. The average Bonchev–Trinajstić information content (AvgIpc) is 2.56. The summed E-state index contributed by atoms with van der Waals surface area (Å²) in [5, 5.41) is 7.75. The molecule has 0 unspecified atom stereocenters. The van der Waals surface area contributed by atoms with E-state index in [0.29, 0.717) is 6.04 Å². The summed E-state index contributed by atoms with van der Waals surface area (Å²) < 4.78 is 7.17. The number of hydrogen-bond donors (Lipinski definition) is 1. The Morgan fingerprint density at radius 2 is 2.11 bits per heavy atom. The summed E-state index contributed by atoms with van der Waals surface area (Å²) in [6, 6.07) is 0.422. The number of aromatic nitrogens is 2. The molecule has 1 N–H and O–H groups in total. The van der Waals surface area contributed by atoms with Gasteiger partial charge in [-0.05, 0) is 27.8 Å². The minimum absolute atomic E-state index is 0.422. The molecule has 0 aliphatic heterocycles. The third-order valence-corrected chi connectivity index (χ3v) is 3.10. The molecule has 5 nitrogen and oxygen atoms in total. The molecule has 0 amide bonds. The lowest BCUT2D eigenvalue weighted by Crippen LogP contribution is -2.36. The second-order valence-corrected chi connectivity index (χ2v) is 4.82. The molecule has 1 aromatic heterocycles. The van der Waals surface area contributed by atoms with Gasteiger partial charge in [-0.2, -0.15) is 5.10 Å². The van der Waals surface area contributed by atoms with Crippen molar-refractivity contribution in [3.05, 3.63) is 11.3 Å². The number of anilines is 1. The molecule has 1 aromatic rings. The molecule has 5 heteroatoms. The number of aryl methyl sites for hydroxylation is 2. The maximum Gasteiger partial charge on any atom is 0.131 e. The van der Waals surface area contributed by atoms with Crippen LogP contribution in [0.3, 0.4) is 0 Å². The fraction of sp³-hybridized carbons (Fsp3) is 0.769. The average molecular weight is 254 g/mol. The fourth-order valence-corrected chi connectivity index (χ4v) is 2.23. The van der Waals surface area contributed by atoms with E-state index in [2.05, 4.69) is 36.1 Å². The molecule has 1 heterocycles. The predicted molar refractivity (Wildman–Crippen MR) is 75.1 cm³/mol. The molecule has 0 aliphatic carbocycles. The topological polar surface area (TPSA) is 42.3 Å². The van der Waals surface area contributed by atoms with Crippen molar-refractivity contribution in [3.63, 3.8) is 0 Å². The molecule has 104 valence electrons. The Labute approximate surface area is 110 Å². The third-order valence-electron chi connectivity index (χ3n) is 3.10. The second-order valence-electron chi connectivity index (χ2n) is 4.82. The van der Waals surface area contributed by atoms with Crippen molar-refractivity contribution in [1.82, 2.24) is 15.1 Å². The van der Waals surface area contributed by atoms with Gasteiger partial charge in [0.15, 0.2) is 0 Å². The number of rotatable bonds is 7. The largest absolute Gasteiger partial charge is 0.383 e. The van der Waals surface area contributed by atoms with Crippen LogP contribution >= 0.6 is 0 Å². The lowest BCUT2D eigenvalue weighted by molar-refractivity contribution is 0.203. The molecule has 0 aliphatic rings. The van der Waals surface area contributed by atoms with Crippen LogP contribution < -0.4 is 10.2 Å². The van der Waals surface area contributed by atoms with Crippen LogP contribution in [0.25, 0.3) is 0 Å². The standard InChI is InChI=1S/C13H26N4O/c1-10(2)17(7-8-18-6)13-12(9-14-4)11(3)15-16(13)5/h10,14H,7-9H2,1-6H3. The van der Waals surface area contributed by atoms with E-state index in [-0.39, 0.29) is 0 Å². The number of methoxy groups -OCH3 is 1. The van der Waals surface area contributed by atoms with Gasteiger partial charge >= 0.3 is 0 Å². The highest BCUT2D eigenvalue weighted by Gasteiger charge is 2.20. The molecule has 0 atom stereocenters. The van der Waals surface area contributed by atoms with E-state index in [0.717, 1.165) is 25.4 Å². The Balaban J connectivity index is 3.09. The van der Waals surface area contributed by atoms with Crippen molar-refractivity contribution in [2.45, 2.75) is 33.4 Å². The Kier molecular flexibility index (Phi) is 5.62. The molecule has 0 fully saturated rings. The zero-order chi connectivity index (χ0) is 13.7. The summed E-state index contributed by atoms with van der Waals surface area (Å²) in [6.45, 7) is 8.89. The number of hydrogen-bond acceptors (Lipinski definition) is 4. The normalized spacial score (nSPS) is 11.3. The molecule has 1 rings (SSSR count). The van der Waals surface area contributed by atoms with Crippen LogP contribution in [-0.2, 0) is 18.3 Å². The summed E-state index contributed by atoms with van der Waals surface area (Å²) in [4.78, 5) is 2.34. The smallest absolute Gasteiger partial charge is 0.131 e. The Hall–Kier alpha value is -1.07. The van der Waals surface area contributed by atoms with Gasteiger partial charge < -0.3 is 15.0 Å². The summed E-state index contributed by atoms with van der Waals surface area (Å²) in [5.41, 5.74) is 2.36. The Morgan fingerprint density at radius 1 is 1.44 bits per heavy atom. The lowest BCUT2D eigenvalue weighted by Gasteiger charge is -2.29. The van der Waals surface area contributed by atoms with E-state index < -0.39 is 0 Å². The van der Waals surface area contributed by atoms with Gasteiger partial charge in [0, 0.05) is 38.9 Å². The maximum absolute atomic E-state index is 5.20. The quantitative estimate of drug-likeness (QED) is 0.796. The number of nitrogens with zero attached hydrogens (tertiary/aromatic N) is 3. The zero-order valence-corrected chi connectivity index (χ0v) is 12.4. The van der Waals surface area contributed by atoms with Gasteiger partial charge in [-0.15, -0.1) is 0 Å². The van der Waals surface area contributed by atoms with Crippen molar-refractivity contribution in [2.24, 2.45) is 7.05 Å². The molecule has 0 bridgehead atoms. The third kappa shape index (κ3) is 3.23. The van der Waals surface area contributed by atoms with Crippen LogP contribution in [0.2, 0.25) is 0 Å². The van der Waals surface area contributed by atoms with Gasteiger partial charge in [0.2, 0.25) is 0 Å². The van der Waals surface area contributed by atoms with E-state index in [1.54, 1.807) is 7.11 Å². The minimum Gasteiger partial charge on any atom is -0.383 e. The Bertz CT molecular complexity index is 373. The minimum atomic E-state index is 0.422. The Morgan fingerprint density at radius 3 is 2.61 bits per heavy atom. The molecule has 0 saturated heterocycles. The van der Waals surface area contributed by atoms with Crippen molar-refractivity contribution >= 4 is 5.82 Å². The first-order valence-electron chi connectivity index (χ1n) is 6.45. The van der Waals surface area contributed by atoms with E-state index in [1.807, 2.05) is 18.8 Å². The van der Waals surface area contributed by atoms with Gasteiger partial charge in [-0.1, -0.05) is 0 Å². The summed E-state index contributed by atoms with van der Waals surface area (Å²) >= 11 is 0. The van der Waals surface area contributed by atoms with Crippen LogP contribution in [0.4, 0.5) is 5.82 Å². The molecular weight excluding hydrogens is 228 g/mol. The number of ether oxygens (including phenoxy) is 1. The summed E-state index contributed by atoms with van der Waals surface area (Å²) in [7, 11) is 5.70. The van der Waals surface area contributed by atoms with E-state index in [9.17, 15) is 0 Å². The van der Waals surface area contributed by atoms with Gasteiger partial charge in [-0.3, -0.25) is 4.68 Å². The second kappa shape index (κ2) is 6.75. The van der Waals surface area contributed by atoms with Gasteiger partial charge in [0.1, 0.15) is 5.82 Å². The van der Waals surface area contributed by atoms with Crippen LogP contribution in [-0.4, -0.2) is 43.1 Å². The van der Waals surface area contributed by atoms with E-state index in [1.165, 1.54) is 11.4 Å². The van der Waals surface area contributed by atoms with Gasteiger partial charge in [-0.25, -0.2) is 0 Å². The first-order chi connectivity index (χ1) is 8.52. The van der Waals surface area contributed by atoms with Crippen molar-refractivity contribution in [1.29, 1.82) is 0 Å². The first kappa shape index (κ1) is 15.0. The fourth-order valence-electron chi connectivity index (χ4n) is 2.23. The molecule has 18 heavy (non-hydrogen) atoms. The van der Waals surface area contributed by atoms with Crippen LogP contribution in [0.5, 0.6) is 0 Å². The van der Waals surface area contributed by atoms with Crippen molar-refractivity contribution < 1.29 is 4.74 Å². The van der Waals surface area contributed by atoms with Gasteiger partial charge in [0.25, 0.3) is 0 Å². The summed E-state index contributed by atoms with van der Waals surface area (Å²) in [6.07, 6.45) is 0. The van der Waals surface area contributed by atoms with Crippen molar-refractivity contribution in [2.75, 3.05) is 32.2 Å². The molecule has 0 spiro atoms. The van der Waals surface area contributed by atoms with Crippen LogP contribution in [0.1, 0.15) is 25.1 Å². The van der Waals surface area contributed by atoms with Gasteiger partial charge in [0.05, 0.1) is 12.3 Å². The molecule has 0 aromatic carbocycles.